The van der Waals surface area contributed by atoms with Crippen LogP contribution < -0.4 is 5.73 Å². The molecule has 1 nitrogen and oxygen atoms in total. The van der Waals surface area contributed by atoms with E-state index >= 15 is 0 Å². The van der Waals surface area contributed by atoms with Crippen molar-refractivity contribution < 1.29 is 0 Å². The summed E-state index contributed by atoms with van der Waals surface area (Å²) < 4.78 is 0. The van der Waals surface area contributed by atoms with E-state index in [-0.39, 0.29) is 5.54 Å². The summed E-state index contributed by atoms with van der Waals surface area (Å²) in [6.07, 6.45) is 0. The number of aryl methyl sites for hydroxylation is 1. The number of rotatable bonds is 1. The molecule has 0 fully saturated rings. The van der Waals surface area contributed by atoms with Crippen molar-refractivity contribution in [2.45, 2.75) is 26.3 Å². The lowest BCUT2D eigenvalue weighted by Gasteiger charge is -2.21. The number of benzene rings is 1. The predicted octanol–water partition coefficient (Wildman–Crippen LogP) is 2.84. The maximum atomic E-state index is 5.97. The lowest BCUT2D eigenvalue weighted by Crippen LogP contribution is -2.29. The molecule has 0 aliphatic rings. The van der Waals surface area contributed by atoms with Gasteiger partial charge in [0.1, 0.15) is 0 Å². The Kier molecular flexibility index (Phi) is 2.45. The first-order chi connectivity index (χ1) is 5.41. The van der Waals surface area contributed by atoms with Gasteiger partial charge in [0.25, 0.3) is 0 Å². The van der Waals surface area contributed by atoms with Gasteiger partial charge in [0.15, 0.2) is 0 Å². The molecule has 0 aliphatic carbocycles. The summed E-state index contributed by atoms with van der Waals surface area (Å²) in [6.45, 7) is 6.00. The summed E-state index contributed by atoms with van der Waals surface area (Å²) in [5.41, 5.74) is 7.95. The first-order valence-corrected chi connectivity index (χ1v) is 4.34. The van der Waals surface area contributed by atoms with E-state index in [1.54, 1.807) is 0 Å². The smallest absolute Gasteiger partial charge is 0.0409 e. The second-order valence-electron chi connectivity index (χ2n) is 3.68. The van der Waals surface area contributed by atoms with E-state index in [9.17, 15) is 0 Å². The molecular formula is C10H14ClN. The Bertz CT molecular complexity index is 286. The largest absolute Gasteiger partial charge is 0.322 e. The Balaban J connectivity index is 3.23. The Morgan fingerprint density at radius 1 is 1.33 bits per heavy atom. The van der Waals surface area contributed by atoms with Gasteiger partial charge in [0, 0.05) is 10.6 Å². The van der Waals surface area contributed by atoms with Crippen LogP contribution in [0.1, 0.15) is 25.0 Å². The predicted molar refractivity (Wildman–Crippen MR) is 53.4 cm³/mol. The minimum absolute atomic E-state index is 0.311. The minimum Gasteiger partial charge on any atom is -0.322 e. The third kappa shape index (κ3) is 1.99. The molecule has 0 atom stereocenters. The molecule has 0 saturated heterocycles. The van der Waals surface area contributed by atoms with Crippen molar-refractivity contribution in [1.29, 1.82) is 0 Å². The van der Waals surface area contributed by atoms with Gasteiger partial charge in [0.05, 0.1) is 0 Å². The van der Waals surface area contributed by atoms with Crippen LogP contribution in [0.15, 0.2) is 18.2 Å². The van der Waals surface area contributed by atoms with E-state index in [1.165, 1.54) is 5.56 Å². The van der Waals surface area contributed by atoms with E-state index in [1.807, 2.05) is 39.0 Å². The highest BCUT2D eigenvalue weighted by Gasteiger charge is 2.16. The Hall–Kier alpha value is -0.530. The van der Waals surface area contributed by atoms with Crippen molar-refractivity contribution in [3.8, 4) is 0 Å². The van der Waals surface area contributed by atoms with Crippen molar-refractivity contribution in [3.63, 3.8) is 0 Å². The van der Waals surface area contributed by atoms with Crippen LogP contribution in [0.3, 0.4) is 0 Å². The zero-order valence-electron chi connectivity index (χ0n) is 7.69. The summed E-state index contributed by atoms with van der Waals surface area (Å²) in [6, 6.07) is 5.80. The van der Waals surface area contributed by atoms with E-state index in [2.05, 4.69) is 0 Å². The molecule has 0 aliphatic heterocycles. The molecular weight excluding hydrogens is 170 g/mol. The fourth-order valence-electron chi connectivity index (χ4n) is 1.29. The molecule has 1 aromatic carbocycles. The third-order valence-electron chi connectivity index (χ3n) is 1.89. The summed E-state index contributed by atoms with van der Waals surface area (Å²) >= 11 is 5.87. The third-order valence-corrected chi connectivity index (χ3v) is 2.13. The second kappa shape index (κ2) is 3.08. The molecule has 2 heteroatoms. The van der Waals surface area contributed by atoms with E-state index in [0.717, 1.165) is 10.6 Å². The zero-order valence-corrected chi connectivity index (χ0v) is 8.44. The number of hydrogen-bond donors (Lipinski definition) is 1. The minimum atomic E-state index is -0.311. The van der Waals surface area contributed by atoms with Crippen LogP contribution >= 0.6 is 11.6 Å². The normalized spacial score (nSPS) is 11.8. The van der Waals surface area contributed by atoms with Crippen LogP contribution in [0.25, 0.3) is 0 Å². The lowest BCUT2D eigenvalue weighted by atomic mass is 9.92. The number of halogens is 1. The van der Waals surface area contributed by atoms with E-state index in [0.29, 0.717) is 0 Å². The van der Waals surface area contributed by atoms with Gasteiger partial charge in [0.2, 0.25) is 0 Å². The maximum absolute atomic E-state index is 5.97. The fraction of sp³-hybridized carbons (Fsp3) is 0.400. The molecule has 0 radical (unpaired) electrons. The molecule has 0 aromatic heterocycles. The van der Waals surface area contributed by atoms with Gasteiger partial charge in [-0.1, -0.05) is 17.7 Å². The van der Waals surface area contributed by atoms with Crippen molar-refractivity contribution in [1.82, 2.24) is 0 Å². The van der Waals surface area contributed by atoms with Gasteiger partial charge < -0.3 is 5.73 Å². The Labute approximate surface area is 78.5 Å². The lowest BCUT2D eigenvalue weighted by molar-refractivity contribution is 0.551. The molecule has 66 valence electrons. The summed E-state index contributed by atoms with van der Waals surface area (Å²) in [5.74, 6) is 0. The van der Waals surface area contributed by atoms with Crippen LogP contribution in [-0.2, 0) is 5.54 Å². The van der Waals surface area contributed by atoms with E-state index in [4.69, 9.17) is 17.3 Å². The average molecular weight is 184 g/mol. The monoisotopic (exact) mass is 183 g/mol. The van der Waals surface area contributed by atoms with Gasteiger partial charge in [-0.3, -0.25) is 0 Å². The summed E-state index contributed by atoms with van der Waals surface area (Å²) in [5, 5.41) is 0.745. The summed E-state index contributed by atoms with van der Waals surface area (Å²) in [7, 11) is 0. The fourth-order valence-corrected chi connectivity index (χ4v) is 1.46. The van der Waals surface area contributed by atoms with Crippen molar-refractivity contribution in [2.24, 2.45) is 5.73 Å². The summed E-state index contributed by atoms with van der Waals surface area (Å²) in [4.78, 5) is 0. The molecule has 0 heterocycles. The van der Waals surface area contributed by atoms with Crippen molar-refractivity contribution in [3.05, 3.63) is 34.3 Å². The Morgan fingerprint density at radius 3 is 2.33 bits per heavy atom. The standard InChI is InChI=1S/C10H14ClN/c1-7-4-5-8(11)6-9(7)10(2,3)12/h4-6H,12H2,1-3H3. The van der Waals surface area contributed by atoms with Crippen LogP contribution in [0.2, 0.25) is 5.02 Å². The van der Waals surface area contributed by atoms with Crippen LogP contribution in [0.4, 0.5) is 0 Å². The van der Waals surface area contributed by atoms with Crippen molar-refractivity contribution in [2.75, 3.05) is 0 Å². The highest BCUT2D eigenvalue weighted by atomic mass is 35.5. The van der Waals surface area contributed by atoms with E-state index < -0.39 is 0 Å². The van der Waals surface area contributed by atoms with Crippen LogP contribution in [-0.4, -0.2) is 0 Å². The van der Waals surface area contributed by atoms with Gasteiger partial charge in [-0.2, -0.15) is 0 Å². The first-order valence-electron chi connectivity index (χ1n) is 3.97. The van der Waals surface area contributed by atoms with Crippen LogP contribution in [0.5, 0.6) is 0 Å². The van der Waals surface area contributed by atoms with Crippen molar-refractivity contribution >= 4 is 11.6 Å². The molecule has 1 rings (SSSR count). The molecule has 0 amide bonds. The van der Waals surface area contributed by atoms with Crippen LogP contribution in [0, 0.1) is 6.92 Å². The Morgan fingerprint density at radius 2 is 1.92 bits per heavy atom. The topological polar surface area (TPSA) is 26.0 Å². The molecule has 1 aromatic rings. The van der Waals surface area contributed by atoms with Gasteiger partial charge in [-0.15, -0.1) is 0 Å². The molecule has 0 unspecified atom stereocenters. The average Bonchev–Trinajstić information content (AvgIpc) is 1.92. The second-order valence-corrected chi connectivity index (χ2v) is 4.12. The molecule has 2 N–H and O–H groups in total. The van der Waals surface area contributed by atoms with Gasteiger partial charge >= 0.3 is 0 Å². The molecule has 0 spiro atoms. The highest BCUT2D eigenvalue weighted by Crippen LogP contribution is 2.24. The molecule has 0 saturated carbocycles. The number of nitrogens with two attached hydrogens (primary N) is 1. The maximum Gasteiger partial charge on any atom is 0.0409 e. The van der Waals surface area contributed by atoms with Gasteiger partial charge in [-0.25, -0.2) is 0 Å². The van der Waals surface area contributed by atoms with Gasteiger partial charge in [-0.05, 0) is 44.0 Å². The SMILES string of the molecule is Cc1ccc(Cl)cc1C(C)(C)N. The quantitative estimate of drug-likeness (QED) is 0.712. The zero-order chi connectivity index (χ0) is 9.35. The first kappa shape index (κ1) is 9.56. The highest BCUT2D eigenvalue weighted by molar-refractivity contribution is 6.30. The number of hydrogen-bond acceptors (Lipinski definition) is 1. The molecule has 12 heavy (non-hydrogen) atoms. The molecule has 0 bridgehead atoms.